The zero-order valence-corrected chi connectivity index (χ0v) is 23.0. The number of anilines is 2. The first-order chi connectivity index (χ1) is 18.6. The van der Waals surface area contributed by atoms with E-state index in [0.717, 1.165) is 77.4 Å². The van der Waals surface area contributed by atoms with Crippen LogP contribution in [0.1, 0.15) is 25.7 Å². The third kappa shape index (κ3) is 7.28. The molecule has 2 atom stereocenters. The number of hydrogen-bond acceptors (Lipinski definition) is 7. The third-order valence-corrected chi connectivity index (χ3v) is 9.20. The average Bonchev–Trinajstić information content (AvgIpc) is 2.93. The van der Waals surface area contributed by atoms with Crippen LogP contribution >= 0.6 is 23.5 Å². The zero-order valence-electron chi connectivity index (χ0n) is 21.4. The molecule has 2 amide bonds. The van der Waals surface area contributed by atoms with Gasteiger partial charge in [-0.2, -0.15) is 0 Å². The van der Waals surface area contributed by atoms with E-state index in [-0.39, 0.29) is 18.1 Å². The number of nitrogens with one attached hydrogen (secondary N) is 5. The molecule has 0 aromatic heterocycles. The van der Waals surface area contributed by atoms with Crippen LogP contribution in [0.15, 0.2) is 63.3 Å². The zero-order chi connectivity index (χ0) is 26.2. The number of benzene rings is 2. The second-order valence-electron chi connectivity index (χ2n) is 9.61. The molecule has 2 aromatic carbocycles. The lowest BCUT2D eigenvalue weighted by molar-refractivity contribution is -0.466. The van der Waals surface area contributed by atoms with Crippen molar-refractivity contribution in [1.82, 2.24) is 15.5 Å². The lowest BCUT2D eigenvalue weighted by Crippen LogP contribution is -2.75. The van der Waals surface area contributed by atoms with Crippen LogP contribution in [0.5, 0.6) is 0 Å². The van der Waals surface area contributed by atoms with Crippen molar-refractivity contribution in [2.45, 2.75) is 47.6 Å². The molecule has 6 N–H and O–H groups in total. The highest BCUT2D eigenvalue weighted by Gasteiger charge is 2.28. The Morgan fingerprint density at radius 3 is 2.45 bits per heavy atom. The molecule has 0 spiro atoms. The molecular formula is C27H36N7O2S2+. The molecule has 1 fully saturated rings. The van der Waals surface area contributed by atoms with E-state index in [1.807, 2.05) is 36.4 Å². The molecule has 0 radical (unpaired) electrons. The summed E-state index contributed by atoms with van der Waals surface area (Å²) in [7, 11) is 0. The van der Waals surface area contributed by atoms with Gasteiger partial charge in [0, 0.05) is 42.1 Å². The SMILES string of the molecule is O=C1NCCCC[NH+]=C(O)Nc2ccccc2SC[C@H]2CCN3CC[C@H](CSc4ccccc4N1)NC3=N2. The van der Waals surface area contributed by atoms with Gasteiger partial charge in [0.05, 0.1) is 23.2 Å². The number of rotatable bonds is 0. The number of urea groups is 1. The number of guanidine groups is 1. The van der Waals surface area contributed by atoms with Gasteiger partial charge in [0.25, 0.3) is 0 Å². The Morgan fingerprint density at radius 1 is 0.921 bits per heavy atom. The summed E-state index contributed by atoms with van der Waals surface area (Å²) < 4.78 is 0. The molecule has 0 saturated carbocycles. The van der Waals surface area contributed by atoms with Crippen LogP contribution in [0.2, 0.25) is 0 Å². The number of aliphatic hydroxyl groups excluding tert-OH is 1. The molecule has 0 unspecified atom stereocenters. The van der Waals surface area contributed by atoms with E-state index in [2.05, 4.69) is 43.3 Å². The van der Waals surface area contributed by atoms with E-state index >= 15 is 0 Å². The number of para-hydroxylation sites is 2. The summed E-state index contributed by atoms with van der Waals surface area (Å²) in [5.74, 6) is 2.79. The van der Waals surface area contributed by atoms with Crippen LogP contribution in [0.4, 0.5) is 16.2 Å². The van der Waals surface area contributed by atoms with Gasteiger partial charge in [-0.3, -0.25) is 0 Å². The van der Waals surface area contributed by atoms with E-state index in [4.69, 9.17) is 4.99 Å². The van der Waals surface area contributed by atoms with E-state index in [1.165, 1.54) is 0 Å². The van der Waals surface area contributed by atoms with Gasteiger partial charge in [-0.05, 0) is 49.9 Å². The number of aliphatic hydroxyl groups is 1. The summed E-state index contributed by atoms with van der Waals surface area (Å²) >= 11 is 3.53. The van der Waals surface area contributed by atoms with Gasteiger partial charge in [-0.25, -0.2) is 20.1 Å². The second kappa shape index (κ2) is 13.1. The van der Waals surface area contributed by atoms with E-state index < -0.39 is 0 Å². The number of amides is 2. The maximum absolute atomic E-state index is 12.5. The largest absolute Gasteiger partial charge is 0.447 e. The van der Waals surface area contributed by atoms with E-state index in [0.29, 0.717) is 19.1 Å². The minimum Gasteiger partial charge on any atom is -0.447 e. The third-order valence-electron chi connectivity index (χ3n) is 6.75. The van der Waals surface area contributed by atoms with Crippen LogP contribution < -0.4 is 26.3 Å². The Kier molecular flexibility index (Phi) is 9.19. The highest BCUT2D eigenvalue weighted by Crippen LogP contribution is 2.31. The van der Waals surface area contributed by atoms with Gasteiger partial charge in [0.15, 0.2) is 5.96 Å². The summed E-state index contributed by atoms with van der Waals surface area (Å²) in [6, 6.07) is 16.4. The van der Waals surface area contributed by atoms with Crippen molar-refractivity contribution in [2.75, 3.05) is 48.3 Å². The number of nitrogens with zero attached hydrogens (tertiary/aromatic N) is 2. The summed E-state index contributed by atoms with van der Waals surface area (Å²) in [5, 5.41) is 23.1. The van der Waals surface area contributed by atoms with Gasteiger partial charge < -0.3 is 26.0 Å². The Balaban J connectivity index is 1.32. The maximum atomic E-state index is 12.5. The topological polar surface area (TPSA) is 115 Å². The fraction of sp³-hybridized carbons (Fsp3) is 0.444. The number of carbonyl (C=O) groups excluding carboxylic acids is 1. The smallest absolute Gasteiger partial charge is 0.444 e. The molecule has 38 heavy (non-hydrogen) atoms. The van der Waals surface area contributed by atoms with Gasteiger partial charge in [0.2, 0.25) is 0 Å². The highest BCUT2D eigenvalue weighted by atomic mass is 32.2. The summed E-state index contributed by atoms with van der Waals surface area (Å²) in [4.78, 5) is 25.1. The molecule has 1 saturated heterocycles. The minimum absolute atomic E-state index is 0.0299. The van der Waals surface area contributed by atoms with Crippen molar-refractivity contribution < 1.29 is 14.9 Å². The summed E-state index contributed by atoms with van der Waals surface area (Å²) in [6.45, 7) is 3.18. The average molecular weight is 555 g/mol. The normalized spacial score (nSPS) is 23.3. The number of carbonyl (C=O) groups is 1. The molecule has 5 rings (SSSR count). The minimum atomic E-state index is -0.205. The monoisotopic (exact) mass is 554 g/mol. The highest BCUT2D eigenvalue weighted by molar-refractivity contribution is 7.99. The van der Waals surface area contributed by atoms with E-state index in [9.17, 15) is 9.90 Å². The summed E-state index contributed by atoms with van der Waals surface area (Å²) in [6.07, 6.45) is 3.70. The first-order valence-electron chi connectivity index (χ1n) is 13.3. The molecule has 3 aliphatic rings. The van der Waals surface area contributed by atoms with Crippen LogP contribution in [-0.2, 0) is 0 Å². The van der Waals surface area contributed by atoms with Gasteiger partial charge in [-0.1, -0.05) is 24.3 Å². The predicted molar refractivity (Wildman–Crippen MR) is 157 cm³/mol. The molecular weight excluding hydrogens is 518 g/mol. The van der Waals surface area contributed by atoms with Gasteiger partial charge in [-0.15, -0.1) is 23.5 Å². The number of fused-ring (bicyclic) bond motifs is 4. The Bertz CT molecular complexity index is 1180. The number of hydrogen-bond donors (Lipinski definition) is 6. The number of aliphatic imine (C=N–C) groups is 1. The van der Waals surface area contributed by atoms with Crippen LogP contribution in [0, 0.1) is 0 Å². The Morgan fingerprint density at radius 2 is 1.63 bits per heavy atom. The predicted octanol–water partition coefficient (Wildman–Crippen LogP) is 2.69. The first-order valence-corrected chi connectivity index (χ1v) is 15.3. The fourth-order valence-electron chi connectivity index (χ4n) is 4.65. The maximum Gasteiger partial charge on any atom is 0.444 e. The Hall–Kier alpha value is -3.05. The molecule has 2 aromatic rings. The molecule has 3 heterocycles. The number of amidine groups is 1. The van der Waals surface area contributed by atoms with Crippen molar-refractivity contribution in [3.63, 3.8) is 0 Å². The Labute approximate surface area is 232 Å². The molecule has 9 nitrogen and oxygen atoms in total. The van der Waals surface area contributed by atoms with Gasteiger partial charge in [0.1, 0.15) is 5.69 Å². The molecule has 11 heteroatoms. The molecule has 3 bridgehead atoms. The van der Waals surface area contributed by atoms with Crippen LogP contribution in [0.3, 0.4) is 0 Å². The first kappa shape index (κ1) is 26.6. The van der Waals surface area contributed by atoms with Crippen LogP contribution in [-0.4, -0.2) is 77.8 Å². The second-order valence-corrected chi connectivity index (χ2v) is 11.7. The quantitative estimate of drug-likeness (QED) is 0.297. The summed E-state index contributed by atoms with van der Waals surface area (Å²) in [5.41, 5.74) is 1.70. The molecule has 0 aliphatic carbocycles. The molecule has 3 aliphatic heterocycles. The van der Waals surface area contributed by atoms with Crippen molar-refractivity contribution in [3.05, 3.63) is 48.5 Å². The van der Waals surface area contributed by atoms with Crippen molar-refractivity contribution >= 4 is 52.9 Å². The number of thioether (sulfide) groups is 2. The van der Waals surface area contributed by atoms with Crippen molar-refractivity contribution in [2.24, 2.45) is 4.99 Å². The lowest BCUT2D eigenvalue weighted by Gasteiger charge is -2.39. The van der Waals surface area contributed by atoms with E-state index in [1.54, 1.807) is 23.5 Å². The van der Waals surface area contributed by atoms with Gasteiger partial charge >= 0.3 is 12.1 Å². The lowest BCUT2D eigenvalue weighted by atomic mass is 10.1. The molecule has 202 valence electrons. The fourth-order valence-corrected chi connectivity index (χ4v) is 6.80. The van der Waals surface area contributed by atoms with Crippen molar-refractivity contribution in [1.29, 1.82) is 0 Å². The van der Waals surface area contributed by atoms with Crippen molar-refractivity contribution in [3.8, 4) is 0 Å². The van der Waals surface area contributed by atoms with Crippen LogP contribution in [0.25, 0.3) is 0 Å². The standard InChI is InChI=1S/C27H35N7O2S2/c35-26-28-13-5-6-14-29-27(36)33-22-8-2-4-10-24(22)38-18-20-12-16-34-15-11-19(30-25(34)31-20)17-37-23-9-3-1-7-21(23)32-26/h1-4,7-10,19-20H,5-6,11-18H2,(H,30,31)(H2,28,32,35)(H2,29,33,36)/p+1/t19-,20-/m1/s1.